The molecule has 0 aliphatic rings. The third-order valence-corrected chi connectivity index (χ3v) is 5.38. The van der Waals surface area contributed by atoms with Gasteiger partial charge in [0, 0.05) is 19.8 Å². The van der Waals surface area contributed by atoms with Gasteiger partial charge in [-0.1, -0.05) is 0 Å². The fourth-order valence-electron chi connectivity index (χ4n) is 2.45. The molecule has 0 rings (SSSR count). The van der Waals surface area contributed by atoms with Gasteiger partial charge in [-0.05, 0) is 38.5 Å². The molecule has 0 unspecified atom stereocenters. The SMILES string of the molecule is NC(=O)[C@H](OCCCCOS(=O)(=O)O)[C@@H](COCCCCOS(=O)(=O)O)OCCCCOS(=O)(=O)O. The Kier molecular flexibility index (Phi) is 17.7. The van der Waals surface area contributed by atoms with Gasteiger partial charge in [-0.3, -0.25) is 18.5 Å². The smallest absolute Gasteiger partial charge is 0.379 e. The van der Waals surface area contributed by atoms with Crippen LogP contribution in [0.25, 0.3) is 0 Å². The summed E-state index contributed by atoms with van der Waals surface area (Å²) >= 11 is 0. The van der Waals surface area contributed by atoms with Crippen LogP contribution in [0.5, 0.6) is 0 Å². The minimum absolute atomic E-state index is 0.0143. The predicted octanol–water partition coefficient (Wildman–Crippen LogP) is -0.942. The van der Waals surface area contributed by atoms with Crippen LogP contribution in [0.4, 0.5) is 0 Å². The van der Waals surface area contributed by atoms with Gasteiger partial charge in [-0.2, -0.15) is 25.3 Å². The summed E-state index contributed by atoms with van der Waals surface area (Å²) in [5.41, 5.74) is 5.40. The van der Waals surface area contributed by atoms with Crippen molar-refractivity contribution in [3.8, 4) is 0 Å². The van der Waals surface area contributed by atoms with Crippen LogP contribution in [0.2, 0.25) is 0 Å². The van der Waals surface area contributed by atoms with Gasteiger partial charge in [0.1, 0.15) is 6.10 Å². The minimum Gasteiger partial charge on any atom is -0.379 e. The van der Waals surface area contributed by atoms with E-state index < -0.39 is 49.3 Å². The fourth-order valence-corrected chi connectivity index (χ4v) is 3.43. The third kappa shape index (κ3) is 23.4. The fraction of sp³-hybridized carbons (Fsp3) is 0.938. The summed E-state index contributed by atoms with van der Waals surface area (Å²) in [6.07, 6.45) is -0.808. The lowest BCUT2D eigenvalue weighted by Gasteiger charge is -2.25. The standard InChI is InChI=1S/C16H33NO16S3/c17-16(18)15(30-9-3-6-12-33-36(25,26)27)14(29-8-2-5-11-32-35(22,23)24)13-28-7-1-4-10-31-34(19,20)21/h14-15H,1-13H2,(H2,17,18)(H,19,20,21)(H,22,23,24)(H,25,26,27)/t14-,15-/m1/s1. The Morgan fingerprint density at radius 2 is 0.972 bits per heavy atom. The molecule has 17 nitrogen and oxygen atoms in total. The third-order valence-electron chi connectivity index (χ3n) is 3.99. The van der Waals surface area contributed by atoms with Gasteiger partial charge in [0.15, 0.2) is 6.10 Å². The normalized spacial score (nSPS) is 14.5. The molecule has 0 aromatic heterocycles. The van der Waals surface area contributed by atoms with Crippen LogP contribution in [0.3, 0.4) is 0 Å². The molecule has 0 aliphatic heterocycles. The maximum absolute atomic E-state index is 11.9. The monoisotopic (exact) mass is 591 g/mol. The van der Waals surface area contributed by atoms with Gasteiger partial charge in [0.2, 0.25) is 5.91 Å². The number of hydrogen-bond acceptors (Lipinski definition) is 13. The molecule has 20 heteroatoms. The van der Waals surface area contributed by atoms with E-state index in [0.717, 1.165) is 0 Å². The highest BCUT2D eigenvalue weighted by Gasteiger charge is 2.28. The summed E-state index contributed by atoms with van der Waals surface area (Å²) in [5, 5.41) is 0. The van der Waals surface area contributed by atoms with E-state index in [4.69, 9.17) is 33.6 Å². The number of amides is 1. The molecule has 0 saturated heterocycles. The Morgan fingerprint density at radius 3 is 1.36 bits per heavy atom. The van der Waals surface area contributed by atoms with E-state index in [1.54, 1.807) is 0 Å². The Labute approximate surface area is 210 Å². The van der Waals surface area contributed by atoms with Crippen molar-refractivity contribution < 1.29 is 70.5 Å². The number of primary amides is 1. The molecule has 0 radical (unpaired) electrons. The number of carbonyl (C=O) groups is 1. The first-order chi connectivity index (χ1) is 16.6. The van der Waals surface area contributed by atoms with Crippen molar-refractivity contribution in [1.82, 2.24) is 0 Å². The summed E-state index contributed by atoms with van der Waals surface area (Å²) in [7, 11) is -13.7. The first-order valence-electron chi connectivity index (χ1n) is 10.6. The van der Waals surface area contributed by atoms with E-state index >= 15 is 0 Å². The molecule has 0 saturated carbocycles. The summed E-state index contributed by atoms with van der Waals surface area (Å²) in [5.74, 6) is -0.881. The van der Waals surface area contributed by atoms with E-state index in [-0.39, 0.29) is 78.4 Å². The number of ether oxygens (including phenoxy) is 3. The molecule has 0 bridgehead atoms. The molecule has 1 amide bonds. The topological polar surface area (TPSA) is 262 Å². The number of carbonyl (C=O) groups excluding carboxylic acids is 1. The zero-order valence-corrected chi connectivity index (χ0v) is 21.7. The largest absolute Gasteiger partial charge is 0.397 e. The lowest BCUT2D eigenvalue weighted by molar-refractivity contribution is -0.148. The summed E-state index contributed by atoms with van der Waals surface area (Å²) in [4.78, 5) is 11.9. The second kappa shape index (κ2) is 18.3. The van der Waals surface area contributed by atoms with Crippen molar-refractivity contribution in [3.05, 3.63) is 0 Å². The molecule has 216 valence electrons. The van der Waals surface area contributed by atoms with Crippen LogP contribution in [-0.4, -0.2) is 103 Å². The van der Waals surface area contributed by atoms with Crippen molar-refractivity contribution in [2.75, 3.05) is 46.2 Å². The lowest BCUT2D eigenvalue weighted by atomic mass is 10.2. The van der Waals surface area contributed by atoms with Gasteiger partial charge in [-0.25, -0.2) is 12.5 Å². The molecule has 0 aliphatic carbocycles. The van der Waals surface area contributed by atoms with Gasteiger partial charge in [0.05, 0.1) is 26.4 Å². The highest BCUT2D eigenvalue weighted by atomic mass is 32.3. The van der Waals surface area contributed by atoms with Gasteiger partial charge < -0.3 is 19.9 Å². The van der Waals surface area contributed by atoms with E-state index in [2.05, 4.69) is 12.5 Å². The molecule has 36 heavy (non-hydrogen) atoms. The average Bonchev–Trinajstić information content (AvgIpc) is 2.71. The molecule has 0 heterocycles. The second-order valence-electron chi connectivity index (χ2n) is 7.05. The number of rotatable bonds is 24. The van der Waals surface area contributed by atoms with Crippen molar-refractivity contribution in [3.63, 3.8) is 0 Å². The zero-order chi connectivity index (χ0) is 27.7. The summed E-state index contributed by atoms with van der Waals surface area (Å²) < 4.78 is 118. The van der Waals surface area contributed by atoms with Gasteiger partial charge >= 0.3 is 31.2 Å². The molecule has 0 spiro atoms. The van der Waals surface area contributed by atoms with Crippen molar-refractivity contribution in [2.45, 2.75) is 50.7 Å². The Balaban J connectivity index is 4.66. The molecular weight excluding hydrogens is 558 g/mol. The predicted molar refractivity (Wildman–Crippen MR) is 120 cm³/mol. The Hall–Kier alpha value is -1.04. The molecule has 0 aromatic carbocycles. The second-order valence-corrected chi connectivity index (χ2v) is 10.3. The highest BCUT2D eigenvalue weighted by molar-refractivity contribution is 7.81. The van der Waals surface area contributed by atoms with Crippen LogP contribution in [0.1, 0.15) is 38.5 Å². The van der Waals surface area contributed by atoms with E-state index in [0.29, 0.717) is 6.42 Å². The molecule has 5 N–H and O–H groups in total. The van der Waals surface area contributed by atoms with Gasteiger partial charge in [-0.15, -0.1) is 0 Å². The summed E-state index contributed by atoms with van der Waals surface area (Å²) in [6, 6.07) is 0. The van der Waals surface area contributed by atoms with Gasteiger partial charge in [0.25, 0.3) is 0 Å². The molecular formula is C16H33NO16S3. The van der Waals surface area contributed by atoms with E-state index in [9.17, 15) is 30.0 Å². The maximum Gasteiger partial charge on any atom is 0.397 e. The van der Waals surface area contributed by atoms with Crippen molar-refractivity contribution in [2.24, 2.45) is 5.73 Å². The lowest BCUT2D eigenvalue weighted by Crippen LogP contribution is -2.45. The van der Waals surface area contributed by atoms with Crippen LogP contribution >= 0.6 is 0 Å². The Morgan fingerprint density at radius 1 is 0.611 bits per heavy atom. The van der Waals surface area contributed by atoms with Crippen LogP contribution < -0.4 is 5.73 Å². The molecule has 0 fully saturated rings. The summed E-state index contributed by atoms with van der Waals surface area (Å²) in [6.45, 7) is -0.953. The van der Waals surface area contributed by atoms with Crippen LogP contribution in [0, 0.1) is 0 Å². The number of unbranched alkanes of at least 4 members (excludes halogenated alkanes) is 3. The number of nitrogens with two attached hydrogens (primary N) is 1. The highest BCUT2D eigenvalue weighted by Crippen LogP contribution is 2.10. The van der Waals surface area contributed by atoms with E-state index in [1.807, 2.05) is 0 Å². The van der Waals surface area contributed by atoms with Crippen molar-refractivity contribution in [1.29, 1.82) is 0 Å². The molecule has 0 aromatic rings. The average molecular weight is 592 g/mol. The zero-order valence-electron chi connectivity index (χ0n) is 19.3. The van der Waals surface area contributed by atoms with E-state index in [1.165, 1.54) is 0 Å². The minimum atomic E-state index is -4.56. The quantitative estimate of drug-likeness (QED) is 0.0779. The Bertz CT molecular complexity index is 921. The maximum atomic E-state index is 11.9. The van der Waals surface area contributed by atoms with Crippen LogP contribution in [0.15, 0.2) is 0 Å². The number of hydrogen-bond donors (Lipinski definition) is 4. The first kappa shape index (κ1) is 35.0. The van der Waals surface area contributed by atoms with Crippen LogP contribution in [-0.2, 0) is 62.8 Å². The van der Waals surface area contributed by atoms with Crippen molar-refractivity contribution >= 4 is 37.1 Å². The molecule has 2 atom stereocenters. The first-order valence-corrected chi connectivity index (χ1v) is 14.7.